The molecule has 2 heteroatoms. The summed E-state index contributed by atoms with van der Waals surface area (Å²) in [6.45, 7) is 2.30. The lowest BCUT2D eigenvalue weighted by Crippen LogP contribution is -2.28. The Morgan fingerprint density at radius 3 is 2.58 bits per heavy atom. The molecular formula is C10H20N2. The van der Waals surface area contributed by atoms with Gasteiger partial charge in [0.1, 0.15) is 0 Å². The van der Waals surface area contributed by atoms with E-state index >= 15 is 0 Å². The van der Waals surface area contributed by atoms with Crippen molar-refractivity contribution in [2.45, 2.75) is 39.0 Å². The lowest BCUT2D eigenvalue weighted by molar-refractivity contribution is 0.426. The molecule has 2 unspecified atom stereocenters. The monoisotopic (exact) mass is 168 g/mol. The summed E-state index contributed by atoms with van der Waals surface area (Å²) in [5.41, 5.74) is 5.86. The molecule has 0 saturated heterocycles. The fraction of sp³-hybridized carbons (Fsp3) is 0.900. The van der Waals surface area contributed by atoms with Crippen molar-refractivity contribution < 1.29 is 0 Å². The fourth-order valence-electron chi connectivity index (χ4n) is 2.10. The van der Waals surface area contributed by atoms with Gasteiger partial charge in [-0.15, -0.1) is 0 Å². The van der Waals surface area contributed by atoms with E-state index in [4.69, 9.17) is 5.73 Å². The highest BCUT2D eigenvalue weighted by Crippen LogP contribution is 2.28. The molecule has 1 fully saturated rings. The first-order valence-electron chi connectivity index (χ1n) is 4.98. The van der Waals surface area contributed by atoms with Gasteiger partial charge in [0.25, 0.3) is 0 Å². The average molecular weight is 168 g/mol. The quantitative estimate of drug-likeness (QED) is 0.364. The van der Waals surface area contributed by atoms with Gasteiger partial charge in [-0.25, -0.2) is 0 Å². The van der Waals surface area contributed by atoms with Crippen molar-refractivity contribution in [1.82, 2.24) is 0 Å². The van der Waals surface area contributed by atoms with Crippen LogP contribution in [0, 0.1) is 11.8 Å². The molecule has 1 aliphatic carbocycles. The molecule has 2 N–H and O–H groups in total. The van der Waals surface area contributed by atoms with Crippen LogP contribution in [-0.4, -0.2) is 12.9 Å². The third-order valence-corrected chi connectivity index (χ3v) is 3.00. The predicted molar refractivity (Wildman–Crippen MR) is 53.3 cm³/mol. The minimum Gasteiger partial charge on any atom is -0.387 e. The highest BCUT2D eigenvalue weighted by molar-refractivity contribution is 5.82. The molecular weight excluding hydrogens is 148 g/mol. The maximum atomic E-state index is 5.86. The Bertz CT molecular complexity index is 163. The number of aliphatic imine (C=N–C) groups is 1. The standard InChI is InChI=1S/C10H20N2/c1-8-6-4-3-5-7-9(8)10(11)12-2/h8-9H,3-7H2,1-2H3,(H2,11,12). The Morgan fingerprint density at radius 2 is 1.92 bits per heavy atom. The molecule has 1 saturated carbocycles. The van der Waals surface area contributed by atoms with Crippen LogP contribution >= 0.6 is 0 Å². The van der Waals surface area contributed by atoms with Crippen LogP contribution in [0.3, 0.4) is 0 Å². The zero-order chi connectivity index (χ0) is 8.97. The number of nitrogens with zero attached hydrogens (tertiary/aromatic N) is 1. The van der Waals surface area contributed by atoms with Gasteiger partial charge in [0.15, 0.2) is 0 Å². The lowest BCUT2D eigenvalue weighted by Gasteiger charge is -2.20. The molecule has 0 bridgehead atoms. The average Bonchev–Trinajstić information content (AvgIpc) is 2.28. The van der Waals surface area contributed by atoms with E-state index in [0.717, 1.165) is 11.8 Å². The van der Waals surface area contributed by atoms with Crippen LogP contribution in [0.1, 0.15) is 39.0 Å². The van der Waals surface area contributed by atoms with E-state index in [1.54, 1.807) is 7.05 Å². The summed E-state index contributed by atoms with van der Waals surface area (Å²) < 4.78 is 0. The summed E-state index contributed by atoms with van der Waals surface area (Å²) in [6, 6.07) is 0. The van der Waals surface area contributed by atoms with Crippen molar-refractivity contribution in [3.63, 3.8) is 0 Å². The molecule has 12 heavy (non-hydrogen) atoms. The molecule has 0 aromatic carbocycles. The van der Waals surface area contributed by atoms with Gasteiger partial charge < -0.3 is 5.73 Å². The minimum absolute atomic E-state index is 0.553. The molecule has 70 valence electrons. The van der Waals surface area contributed by atoms with Gasteiger partial charge in [0, 0.05) is 13.0 Å². The van der Waals surface area contributed by atoms with Gasteiger partial charge in [-0.05, 0) is 12.3 Å². The summed E-state index contributed by atoms with van der Waals surface area (Å²) in [4.78, 5) is 4.10. The maximum absolute atomic E-state index is 5.86. The Hall–Kier alpha value is -0.530. The van der Waals surface area contributed by atoms with E-state index in [1.165, 1.54) is 32.1 Å². The van der Waals surface area contributed by atoms with Crippen LogP contribution in [0.15, 0.2) is 4.99 Å². The largest absolute Gasteiger partial charge is 0.387 e. The van der Waals surface area contributed by atoms with Gasteiger partial charge in [-0.2, -0.15) is 0 Å². The van der Waals surface area contributed by atoms with Crippen LogP contribution in [-0.2, 0) is 0 Å². The topological polar surface area (TPSA) is 38.4 Å². The molecule has 0 heterocycles. The van der Waals surface area contributed by atoms with Gasteiger partial charge in [0.05, 0.1) is 5.84 Å². The van der Waals surface area contributed by atoms with Crippen molar-refractivity contribution in [2.24, 2.45) is 22.6 Å². The minimum atomic E-state index is 0.553. The van der Waals surface area contributed by atoms with Crippen molar-refractivity contribution >= 4 is 5.84 Å². The first kappa shape index (κ1) is 9.56. The summed E-state index contributed by atoms with van der Waals surface area (Å²) in [5, 5.41) is 0. The molecule has 0 aromatic heterocycles. The van der Waals surface area contributed by atoms with E-state index in [9.17, 15) is 0 Å². The second-order valence-electron chi connectivity index (χ2n) is 3.87. The maximum Gasteiger partial charge on any atom is 0.0967 e. The lowest BCUT2D eigenvalue weighted by atomic mass is 9.89. The SMILES string of the molecule is CN=C(N)C1CCCCCC1C. The van der Waals surface area contributed by atoms with Crippen LogP contribution in [0.5, 0.6) is 0 Å². The molecule has 0 spiro atoms. The van der Waals surface area contributed by atoms with Crippen LogP contribution in [0.2, 0.25) is 0 Å². The third kappa shape index (κ3) is 2.23. The molecule has 2 atom stereocenters. The van der Waals surface area contributed by atoms with Crippen molar-refractivity contribution in [3.05, 3.63) is 0 Å². The van der Waals surface area contributed by atoms with E-state index in [-0.39, 0.29) is 0 Å². The Labute approximate surface area is 75.3 Å². The number of nitrogens with two attached hydrogens (primary N) is 1. The second-order valence-corrected chi connectivity index (χ2v) is 3.87. The summed E-state index contributed by atoms with van der Waals surface area (Å²) in [5.74, 6) is 2.15. The van der Waals surface area contributed by atoms with Crippen molar-refractivity contribution in [2.75, 3.05) is 7.05 Å². The van der Waals surface area contributed by atoms with Gasteiger partial charge >= 0.3 is 0 Å². The summed E-state index contributed by atoms with van der Waals surface area (Å²) in [6.07, 6.45) is 6.63. The molecule has 2 nitrogen and oxygen atoms in total. The van der Waals surface area contributed by atoms with E-state index in [1.807, 2.05) is 0 Å². The van der Waals surface area contributed by atoms with Crippen LogP contribution in [0.4, 0.5) is 0 Å². The van der Waals surface area contributed by atoms with Gasteiger partial charge in [-0.3, -0.25) is 4.99 Å². The zero-order valence-electron chi connectivity index (χ0n) is 8.21. The van der Waals surface area contributed by atoms with Gasteiger partial charge in [0.2, 0.25) is 0 Å². The summed E-state index contributed by atoms with van der Waals surface area (Å²) >= 11 is 0. The van der Waals surface area contributed by atoms with Gasteiger partial charge in [-0.1, -0.05) is 32.6 Å². The molecule has 0 aromatic rings. The number of rotatable bonds is 1. The number of hydrogen-bond donors (Lipinski definition) is 1. The van der Waals surface area contributed by atoms with E-state index < -0.39 is 0 Å². The highest BCUT2D eigenvalue weighted by Gasteiger charge is 2.22. The smallest absolute Gasteiger partial charge is 0.0967 e. The van der Waals surface area contributed by atoms with Crippen molar-refractivity contribution in [3.8, 4) is 0 Å². The molecule has 0 aliphatic heterocycles. The number of hydrogen-bond acceptors (Lipinski definition) is 1. The third-order valence-electron chi connectivity index (χ3n) is 3.00. The highest BCUT2D eigenvalue weighted by atomic mass is 14.8. The fourth-order valence-corrected chi connectivity index (χ4v) is 2.10. The Kier molecular flexibility index (Phi) is 3.57. The van der Waals surface area contributed by atoms with Crippen LogP contribution < -0.4 is 5.73 Å². The van der Waals surface area contributed by atoms with Crippen molar-refractivity contribution in [1.29, 1.82) is 0 Å². The first-order valence-corrected chi connectivity index (χ1v) is 4.98. The second kappa shape index (κ2) is 4.48. The normalized spacial score (nSPS) is 33.0. The molecule has 1 rings (SSSR count). The first-order chi connectivity index (χ1) is 5.75. The van der Waals surface area contributed by atoms with E-state index in [2.05, 4.69) is 11.9 Å². The predicted octanol–water partition coefficient (Wildman–Crippen LogP) is 2.19. The van der Waals surface area contributed by atoms with E-state index in [0.29, 0.717) is 5.92 Å². The van der Waals surface area contributed by atoms with Crippen LogP contribution in [0.25, 0.3) is 0 Å². The zero-order valence-corrected chi connectivity index (χ0v) is 8.21. The number of amidine groups is 1. The Balaban J connectivity index is 2.59. The summed E-state index contributed by atoms with van der Waals surface area (Å²) in [7, 11) is 1.80. The molecule has 0 radical (unpaired) electrons. The molecule has 1 aliphatic rings. The Morgan fingerprint density at radius 1 is 1.25 bits per heavy atom. The molecule has 0 amide bonds.